The van der Waals surface area contributed by atoms with Gasteiger partial charge in [-0.05, 0) is 33.1 Å². The SMILES string of the molecule is CC(O)C1CC(NCC(F)(F)F)CN(C(C)C)C1. The quantitative estimate of drug-likeness (QED) is 0.813. The van der Waals surface area contributed by atoms with Gasteiger partial charge in [0, 0.05) is 25.2 Å². The lowest BCUT2D eigenvalue weighted by Crippen LogP contribution is -2.54. The average Bonchev–Trinajstić information content (AvgIpc) is 2.25. The van der Waals surface area contributed by atoms with Crippen LogP contribution >= 0.6 is 0 Å². The number of piperidine rings is 1. The number of hydrogen-bond acceptors (Lipinski definition) is 3. The summed E-state index contributed by atoms with van der Waals surface area (Å²) in [6.07, 6.45) is -4.07. The van der Waals surface area contributed by atoms with Crippen LogP contribution in [0.2, 0.25) is 0 Å². The summed E-state index contributed by atoms with van der Waals surface area (Å²) in [7, 11) is 0. The predicted molar refractivity (Wildman–Crippen MR) is 64.3 cm³/mol. The fraction of sp³-hybridized carbons (Fsp3) is 1.00. The van der Waals surface area contributed by atoms with Crippen molar-refractivity contribution < 1.29 is 18.3 Å². The van der Waals surface area contributed by atoms with Crippen LogP contribution < -0.4 is 5.32 Å². The third kappa shape index (κ3) is 5.12. The third-order valence-corrected chi connectivity index (χ3v) is 3.51. The monoisotopic (exact) mass is 268 g/mol. The van der Waals surface area contributed by atoms with Gasteiger partial charge in [0.05, 0.1) is 12.6 Å². The summed E-state index contributed by atoms with van der Waals surface area (Å²) in [5, 5.41) is 12.2. The minimum Gasteiger partial charge on any atom is -0.393 e. The summed E-state index contributed by atoms with van der Waals surface area (Å²) in [6, 6.07) is 0.0733. The molecule has 1 aliphatic rings. The molecule has 2 N–H and O–H groups in total. The van der Waals surface area contributed by atoms with Crippen LogP contribution in [0.4, 0.5) is 13.2 Å². The van der Waals surface area contributed by atoms with Crippen LogP contribution in [0.3, 0.4) is 0 Å². The Kier molecular flexibility index (Phi) is 5.43. The molecule has 1 saturated heterocycles. The second-order valence-electron chi connectivity index (χ2n) is 5.48. The van der Waals surface area contributed by atoms with Gasteiger partial charge < -0.3 is 10.4 Å². The first-order chi connectivity index (χ1) is 8.19. The lowest BCUT2D eigenvalue weighted by Gasteiger charge is -2.41. The Bertz CT molecular complexity index is 240. The van der Waals surface area contributed by atoms with Crippen molar-refractivity contribution in [2.45, 2.75) is 51.6 Å². The van der Waals surface area contributed by atoms with Crippen LogP contribution in [0.15, 0.2) is 0 Å². The van der Waals surface area contributed by atoms with Crippen molar-refractivity contribution in [1.82, 2.24) is 10.2 Å². The predicted octanol–water partition coefficient (Wildman–Crippen LogP) is 1.62. The van der Waals surface area contributed by atoms with Crippen LogP contribution in [0, 0.1) is 5.92 Å². The highest BCUT2D eigenvalue weighted by molar-refractivity contribution is 4.87. The van der Waals surface area contributed by atoms with E-state index < -0.39 is 18.8 Å². The fourth-order valence-corrected chi connectivity index (χ4v) is 2.35. The number of aliphatic hydroxyl groups is 1. The van der Waals surface area contributed by atoms with Crippen LogP contribution in [0.1, 0.15) is 27.2 Å². The number of hydrogen-bond donors (Lipinski definition) is 2. The minimum absolute atomic E-state index is 0.0342. The Hall–Kier alpha value is -0.330. The zero-order valence-electron chi connectivity index (χ0n) is 11.2. The standard InChI is InChI=1S/C12H23F3N2O/c1-8(2)17-5-10(9(3)18)4-11(6-17)16-7-12(13,14)15/h8-11,16,18H,4-7H2,1-3H3. The van der Waals surface area contributed by atoms with E-state index in [-0.39, 0.29) is 18.0 Å². The molecule has 0 aromatic heterocycles. The molecule has 0 saturated carbocycles. The number of nitrogens with one attached hydrogen (secondary N) is 1. The normalized spacial score (nSPS) is 28.7. The summed E-state index contributed by atoms with van der Waals surface area (Å²) >= 11 is 0. The highest BCUT2D eigenvalue weighted by atomic mass is 19.4. The molecule has 0 aliphatic carbocycles. The molecule has 0 aromatic carbocycles. The summed E-state index contributed by atoms with van der Waals surface area (Å²) in [5.74, 6) is 0.0342. The van der Waals surface area contributed by atoms with Crippen LogP contribution in [-0.2, 0) is 0 Å². The van der Waals surface area contributed by atoms with E-state index in [4.69, 9.17) is 0 Å². The van der Waals surface area contributed by atoms with Crippen LogP contribution in [0.25, 0.3) is 0 Å². The van der Waals surface area contributed by atoms with Gasteiger partial charge in [-0.15, -0.1) is 0 Å². The van der Waals surface area contributed by atoms with Gasteiger partial charge in [-0.25, -0.2) is 0 Å². The maximum absolute atomic E-state index is 12.2. The van der Waals surface area contributed by atoms with Crippen LogP contribution in [0.5, 0.6) is 0 Å². The van der Waals surface area contributed by atoms with E-state index in [1.54, 1.807) is 6.92 Å². The van der Waals surface area contributed by atoms with Crippen molar-refractivity contribution in [2.24, 2.45) is 5.92 Å². The summed E-state index contributed by atoms with van der Waals surface area (Å²) < 4.78 is 36.6. The summed E-state index contributed by atoms with van der Waals surface area (Å²) in [4.78, 5) is 2.12. The Balaban J connectivity index is 2.56. The molecular weight excluding hydrogens is 245 g/mol. The topological polar surface area (TPSA) is 35.5 Å². The van der Waals surface area contributed by atoms with E-state index in [0.29, 0.717) is 13.0 Å². The molecule has 0 amide bonds. The van der Waals surface area contributed by atoms with Crippen molar-refractivity contribution in [2.75, 3.05) is 19.6 Å². The van der Waals surface area contributed by atoms with Crippen LogP contribution in [-0.4, -0.2) is 54.0 Å². The molecule has 0 bridgehead atoms. The molecule has 0 aromatic rings. The first-order valence-electron chi connectivity index (χ1n) is 6.41. The Morgan fingerprint density at radius 2 is 1.89 bits per heavy atom. The average molecular weight is 268 g/mol. The molecule has 18 heavy (non-hydrogen) atoms. The second kappa shape index (κ2) is 6.21. The van der Waals surface area contributed by atoms with Gasteiger partial charge in [0.25, 0.3) is 0 Å². The number of aliphatic hydroxyl groups excluding tert-OH is 1. The zero-order chi connectivity index (χ0) is 13.9. The second-order valence-corrected chi connectivity index (χ2v) is 5.48. The molecule has 108 valence electrons. The van der Waals surface area contributed by atoms with Crippen molar-refractivity contribution in [1.29, 1.82) is 0 Å². The maximum Gasteiger partial charge on any atom is 0.401 e. The molecule has 1 rings (SSSR count). The van der Waals surface area contributed by atoms with Gasteiger partial charge in [-0.3, -0.25) is 4.90 Å². The maximum atomic E-state index is 12.2. The van der Waals surface area contributed by atoms with Gasteiger partial charge in [0.2, 0.25) is 0 Å². The van der Waals surface area contributed by atoms with Gasteiger partial charge in [-0.1, -0.05) is 0 Å². The highest BCUT2D eigenvalue weighted by Crippen LogP contribution is 2.23. The lowest BCUT2D eigenvalue weighted by atomic mass is 9.89. The summed E-state index contributed by atoms with van der Waals surface area (Å²) in [5.41, 5.74) is 0. The molecule has 0 spiro atoms. The van der Waals surface area contributed by atoms with Crippen molar-refractivity contribution in [3.05, 3.63) is 0 Å². The molecule has 1 aliphatic heterocycles. The Morgan fingerprint density at radius 3 is 2.33 bits per heavy atom. The smallest absolute Gasteiger partial charge is 0.393 e. The number of alkyl halides is 3. The van der Waals surface area contributed by atoms with E-state index in [9.17, 15) is 18.3 Å². The van der Waals surface area contributed by atoms with Crippen molar-refractivity contribution in [3.8, 4) is 0 Å². The van der Waals surface area contributed by atoms with Gasteiger partial charge >= 0.3 is 6.18 Å². The molecule has 1 fully saturated rings. The lowest BCUT2D eigenvalue weighted by molar-refractivity contribution is -0.127. The first kappa shape index (κ1) is 15.7. The highest BCUT2D eigenvalue weighted by Gasteiger charge is 2.34. The van der Waals surface area contributed by atoms with Gasteiger partial charge in [0.15, 0.2) is 0 Å². The van der Waals surface area contributed by atoms with E-state index >= 15 is 0 Å². The molecule has 6 heteroatoms. The van der Waals surface area contributed by atoms with E-state index in [0.717, 1.165) is 6.54 Å². The number of nitrogens with zero attached hydrogens (tertiary/aromatic N) is 1. The largest absolute Gasteiger partial charge is 0.401 e. The molecule has 1 heterocycles. The van der Waals surface area contributed by atoms with Gasteiger partial charge in [0.1, 0.15) is 0 Å². The third-order valence-electron chi connectivity index (χ3n) is 3.51. The summed E-state index contributed by atoms with van der Waals surface area (Å²) in [6.45, 7) is 6.14. The molecule has 3 nitrogen and oxygen atoms in total. The number of halogens is 3. The van der Waals surface area contributed by atoms with E-state index in [1.165, 1.54) is 0 Å². The first-order valence-corrected chi connectivity index (χ1v) is 6.41. The Morgan fingerprint density at radius 1 is 1.28 bits per heavy atom. The molecule has 3 atom stereocenters. The van der Waals surface area contributed by atoms with Crippen molar-refractivity contribution >= 4 is 0 Å². The number of likely N-dealkylation sites (tertiary alicyclic amines) is 1. The molecular formula is C12H23F3N2O. The van der Waals surface area contributed by atoms with E-state index in [2.05, 4.69) is 10.2 Å². The van der Waals surface area contributed by atoms with E-state index in [1.807, 2.05) is 13.8 Å². The fourth-order valence-electron chi connectivity index (χ4n) is 2.35. The van der Waals surface area contributed by atoms with Gasteiger partial charge in [-0.2, -0.15) is 13.2 Å². The minimum atomic E-state index is -4.18. The Labute approximate surface area is 106 Å². The zero-order valence-corrected chi connectivity index (χ0v) is 11.2. The van der Waals surface area contributed by atoms with Crippen molar-refractivity contribution in [3.63, 3.8) is 0 Å². The number of rotatable bonds is 4. The molecule has 3 unspecified atom stereocenters. The molecule has 0 radical (unpaired) electrons.